The molecule has 2 aliphatic rings. The number of nitrogens with one attached hydrogen (secondary N) is 1. The first-order valence-electron chi connectivity index (χ1n) is 13.6. The molecule has 230 valence electrons. The van der Waals surface area contributed by atoms with Crippen LogP contribution in [0.4, 0.5) is 13.2 Å². The molecule has 2 aromatic heterocycles. The highest BCUT2D eigenvalue weighted by molar-refractivity contribution is 6.30. The summed E-state index contributed by atoms with van der Waals surface area (Å²) >= 11 is 6.14. The van der Waals surface area contributed by atoms with Gasteiger partial charge in [-0.3, -0.25) is 14.3 Å². The number of fused-ring (bicyclic) bond motifs is 2. The first-order valence-corrected chi connectivity index (χ1v) is 14.0. The summed E-state index contributed by atoms with van der Waals surface area (Å²) in [5.41, 5.74) is 0.298. The summed E-state index contributed by atoms with van der Waals surface area (Å²) in [6.45, 7) is -0.124. The smallest absolute Gasteiger partial charge is 0.424 e. The molecule has 0 radical (unpaired) electrons. The van der Waals surface area contributed by atoms with E-state index in [9.17, 15) is 27.9 Å². The number of alkyl halides is 3. The quantitative estimate of drug-likeness (QED) is 0.262. The van der Waals surface area contributed by atoms with Crippen molar-refractivity contribution in [1.29, 1.82) is 0 Å². The number of amides is 2. The van der Waals surface area contributed by atoms with Crippen LogP contribution in [0.15, 0.2) is 48.7 Å². The van der Waals surface area contributed by atoms with Gasteiger partial charge in [0.15, 0.2) is 0 Å². The number of nitrogens with zero attached hydrogens (tertiary/aromatic N) is 3. The molecule has 4 aromatic rings. The van der Waals surface area contributed by atoms with Gasteiger partial charge in [0.05, 0.1) is 25.4 Å². The maximum atomic E-state index is 14.7. The second-order valence-electron chi connectivity index (χ2n) is 11.2. The molecule has 0 bridgehead atoms. The number of carbonyl (C=O) groups excluding carboxylic acids is 2. The summed E-state index contributed by atoms with van der Waals surface area (Å²) in [5.74, 6) is -1.43. The van der Waals surface area contributed by atoms with Crippen LogP contribution in [-0.4, -0.2) is 58.1 Å². The van der Waals surface area contributed by atoms with Gasteiger partial charge in [0.25, 0.3) is 5.91 Å². The van der Waals surface area contributed by atoms with E-state index in [4.69, 9.17) is 26.8 Å². The molecule has 0 spiro atoms. The van der Waals surface area contributed by atoms with Gasteiger partial charge < -0.3 is 25.6 Å². The van der Waals surface area contributed by atoms with E-state index in [1.807, 2.05) is 0 Å². The van der Waals surface area contributed by atoms with E-state index in [2.05, 4.69) is 15.4 Å². The van der Waals surface area contributed by atoms with E-state index in [0.717, 1.165) is 18.9 Å². The van der Waals surface area contributed by atoms with Crippen LogP contribution >= 0.6 is 11.6 Å². The molecule has 2 amide bonds. The van der Waals surface area contributed by atoms with E-state index in [1.165, 1.54) is 32.2 Å². The number of nitrogens with two attached hydrogens (primary N) is 1. The van der Waals surface area contributed by atoms with Gasteiger partial charge in [-0.15, -0.1) is 0 Å². The van der Waals surface area contributed by atoms with E-state index >= 15 is 0 Å². The fourth-order valence-corrected chi connectivity index (χ4v) is 5.40. The van der Waals surface area contributed by atoms with Gasteiger partial charge >= 0.3 is 6.18 Å². The highest BCUT2D eigenvalue weighted by Gasteiger charge is 2.57. The number of hydrogen-bond acceptors (Lipinski definition) is 7. The van der Waals surface area contributed by atoms with Gasteiger partial charge in [-0.05, 0) is 50.1 Å². The minimum Gasteiger partial charge on any atom is -0.494 e. The van der Waals surface area contributed by atoms with Crippen LogP contribution in [0.5, 0.6) is 11.5 Å². The van der Waals surface area contributed by atoms with Crippen molar-refractivity contribution in [2.45, 2.75) is 43.0 Å². The topological polar surface area (TPSA) is 142 Å². The third-order valence-electron chi connectivity index (χ3n) is 8.11. The summed E-state index contributed by atoms with van der Waals surface area (Å²) < 4.78 is 57.1. The Balaban J connectivity index is 1.40. The first kappa shape index (κ1) is 29.7. The van der Waals surface area contributed by atoms with Crippen LogP contribution in [0.3, 0.4) is 0 Å². The van der Waals surface area contributed by atoms with Crippen molar-refractivity contribution in [1.82, 2.24) is 20.1 Å². The maximum Gasteiger partial charge on any atom is 0.424 e. The van der Waals surface area contributed by atoms with Gasteiger partial charge in [-0.1, -0.05) is 23.7 Å². The Morgan fingerprint density at radius 3 is 2.64 bits per heavy atom. The first-order chi connectivity index (χ1) is 20.7. The molecule has 1 aliphatic carbocycles. The Labute approximate surface area is 253 Å². The van der Waals surface area contributed by atoms with E-state index < -0.39 is 41.2 Å². The summed E-state index contributed by atoms with van der Waals surface area (Å²) in [7, 11) is 1.40. The average Bonchev–Trinajstić information content (AvgIpc) is 3.65. The maximum absolute atomic E-state index is 14.7. The van der Waals surface area contributed by atoms with Crippen molar-refractivity contribution in [2.75, 3.05) is 20.3 Å². The number of aromatic nitrogens is 3. The number of aliphatic hydroxyl groups is 1. The van der Waals surface area contributed by atoms with Crippen LogP contribution in [0.2, 0.25) is 5.02 Å². The van der Waals surface area contributed by atoms with Gasteiger partial charge in [0.1, 0.15) is 34.7 Å². The van der Waals surface area contributed by atoms with Crippen molar-refractivity contribution in [3.05, 3.63) is 70.5 Å². The molecule has 1 fully saturated rings. The number of halogens is 4. The molecule has 0 saturated heterocycles. The molecule has 14 heteroatoms. The zero-order chi connectivity index (χ0) is 31.6. The minimum absolute atomic E-state index is 0.00505. The predicted molar refractivity (Wildman–Crippen MR) is 154 cm³/mol. The van der Waals surface area contributed by atoms with Crippen LogP contribution < -0.4 is 20.5 Å². The average molecular weight is 630 g/mol. The van der Waals surface area contributed by atoms with Gasteiger partial charge in [-0.2, -0.15) is 18.3 Å². The second kappa shape index (κ2) is 10.4. The van der Waals surface area contributed by atoms with E-state index in [-0.39, 0.29) is 51.6 Å². The molecule has 4 N–H and O–H groups in total. The van der Waals surface area contributed by atoms with Crippen molar-refractivity contribution < 1.29 is 37.3 Å². The van der Waals surface area contributed by atoms with Gasteiger partial charge in [0.2, 0.25) is 11.5 Å². The summed E-state index contributed by atoms with van der Waals surface area (Å²) in [6, 6.07) is 10.2. The number of carbonyl (C=O) groups is 2. The van der Waals surface area contributed by atoms with Gasteiger partial charge in [0, 0.05) is 33.3 Å². The molecule has 2 atom stereocenters. The summed E-state index contributed by atoms with van der Waals surface area (Å²) in [4.78, 5) is 29.9. The third-order valence-corrected chi connectivity index (χ3v) is 8.34. The fourth-order valence-electron chi connectivity index (χ4n) is 5.21. The Morgan fingerprint density at radius 2 is 2.00 bits per heavy atom. The number of ether oxygens (including phenoxy) is 2. The SMILES string of the molecule is COc1cc(C(=O)NC[C@](O)(c2cc3c(c(-c4cccc(Cl)c4)n2)OC[C@]3(C)C(N)=O)C(F)(F)F)cc2cn(C3CC3)nc12. The van der Waals surface area contributed by atoms with Crippen LogP contribution in [0.25, 0.3) is 22.2 Å². The van der Waals surface area contributed by atoms with Gasteiger partial charge in [-0.25, -0.2) is 4.98 Å². The lowest BCUT2D eigenvalue weighted by Gasteiger charge is -2.31. The van der Waals surface area contributed by atoms with Crippen molar-refractivity contribution >= 4 is 34.3 Å². The number of methoxy groups -OCH3 is 1. The molecule has 0 unspecified atom stereocenters. The zero-order valence-electron chi connectivity index (χ0n) is 23.5. The zero-order valence-corrected chi connectivity index (χ0v) is 24.3. The molecule has 1 saturated carbocycles. The molecular formula is C30H27ClF3N5O5. The molecular weight excluding hydrogens is 603 g/mol. The molecule has 1 aliphatic heterocycles. The Hall–Kier alpha value is -4.36. The number of rotatable bonds is 8. The highest BCUT2D eigenvalue weighted by atomic mass is 35.5. The van der Waals surface area contributed by atoms with E-state index in [0.29, 0.717) is 10.9 Å². The van der Waals surface area contributed by atoms with E-state index in [1.54, 1.807) is 29.1 Å². The fraction of sp³-hybridized carbons (Fsp3) is 0.333. The Bertz CT molecular complexity index is 1820. The lowest BCUT2D eigenvalue weighted by molar-refractivity contribution is -0.265. The van der Waals surface area contributed by atoms with Crippen LogP contribution in [0, 0.1) is 0 Å². The monoisotopic (exact) mass is 629 g/mol. The standard InChI is InChI=1S/C30H27ClF3N5O5/c1-28(27(35)41)14-44-25-20(28)11-22(37-24(25)15-4-3-5-18(31)9-15)29(42,30(32,33)34)13-36-26(40)16-8-17-12-39(19-6-7-19)38-23(17)21(10-16)43-2/h3-5,8-12,19,42H,6-7,13-14H2,1-2H3,(H2,35,41)(H,36,40)/t28-,29-/m0/s1. The molecule has 10 nitrogen and oxygen atoms in total. The van der Waals surface area contributed by atoms with Crippen molar-refractivity contribution in [3.8, 4) is 22.8 Å². The highest BCUT2D eigenvalue weighted by Crippen LogP contribution is 2.48. The molecule has 3 heterocycles. The normalized spacial score (nSPS) is 19.2. The number of benzene rings is 2. The molecule has 44 heavy (non-hydrogen) atoms. The Kier molecular flexibility index (Phi) is 7.00. The largest absolute Gasteiger partial charge is 0.494 e. The summed E-state index contributed by atoms with van der Waals surface area (Å²) in [6.07, 6.45) is -1.62. The Morgan fingerprint density at radius 1 is 1.25 bits per heavy atom. The third kappa shape index (κ3) is 4.89. The number of pyridine rings is 1. The number of primary amides is 1. The summed E-state index contributed by atoms with van der Waals surface area (Å²) in [5, 5.41) is 18.9. The van der Waals surface area contributed by atoms with Crippen molar-refractivity contribution in [2.24, 2.45) is 5.73 Å². The number of hydrogen-bond donors (Lipinski definition) is 3. The minimum atomic E-state index is -5.32. The molecule has 6 rings (SSSR count). The van der Waals surface area contributed by atoms with Crippen LogP contribution in [-0.2, 0) is 15.8 Å². The predicted octanol–water partition coefficient (Wildman–Crippen LogP) is 4.41. The lowest BCUT2D eigenvalue weighted by atomic mass is 9.81. The molecule has 2 aromatic carbocycles. The van der Waals surface area contributed by atoms with Crippen LogP contribution in [0.1, 0.15) is 47.4 Å². The van der Waals surface area contributed by atoms with Crippen molar-refractivity contribution in [3.63, 3.8) is 0 Å². The lowest BCUT2D eigenvalue weighted by Crippen LogP contribution is -2.51. The second-order valence-corrected chi connectivity index (χ2v) is 11.7.